The van der Waals surface area contributed by atoms with Crippen molar-refractivity contribution in [2.45, 2.75) is 25.7 Å². The first-order valence-corrected chi connectivity index (χ1v) is 9.94. The lowest BCUT2D eigenvalue weighted by atomic mass is 9.90. The van der Waals surface area contributed by atoms with Gasteiger partial charge < -0.3 is 10.6 Å². The molecule has 1 saturated carbocycles. The highest BCUT2D eigenvalue weighted by Crippen LogP contribution is 2.32. The van der Waals surface area contributed by atoms with Gasteiger partial charge in [0.15, 0.2) is 0 Å². The molecule has 0 aliphatic heterocycles. The van der Waals surface area contributed by atoms with Crippen molar-refractivity contribution in [3.05, 3.63) is 95.6 Å². The summed E-state index contributed by atoms with van der Waals surface area (Å²) in [6.07, 6.45) is 1.91. The molecule has 3 aromatic carbocycles. The molecule has 0 aromatic heterocycles. The number of aryl methyl sites for hydroxylation is 1. The summed E-state index contributed by atoms with van der Waals surface area (Å²) in [4.78, 5) is 25.4. The molecule has 0 heterocycles. The first kappa shape index (κ1) is 18.9. The molecule has 0 saturated heterocycles. The Bertz CT molecular complexity index is 972. The van der Waals surface area contributed by atoms with E-state index < -0.39 is 5.92 Å². The minimum absolute atomic E-state index is 0.0584. The summed E-state index contributed by atoms with van der Waals surface area (Å²) in [5, 5.41) is 6.02. The summed E-state index contributed by atoms with van der Waals surface area (Å²) in [6, 6.07) is 25.1. The van der Waals surface area contributed by atoms with E-state index in [4.69, 9.17) is 0 Å². The summed E-state index contributed by atoms with van der Waals surface area (Å²) in [6.45, 7) is 1.95. The van der Waals surface area contributed by atoms with Gasteiger partial charge in [-0.1, -0.05) is 66.7 Å². The van der Waals surface area contributed by atoms with Gasteiger partial charge in [-0.05, 0) is 48.6 Å². The number of hydrogen-bond donors (Lipinski definition) is 2. The third-order valence-electron chi connectivity index (χ3n) is 5.24. The van der Waals surface area contributed by atoms with Crippen LogP contribution >= 0.6 is 0 Å². The second-order valence-corrected chi connectivity index (χ2v) is 7.54. The van der Waals surface area contributed by atoms with Crippen molar-refractivity contribution in [1.29, 1.82) is 0 Å². The molecule has 2 N–H and O–H groups in total. The second-order valence-electron chi connectivity index (χ2n) is 7.54. The van der Waals surface area contributed by atoms with Crippen LogP contribution in [-0.4, -0.2) is 11.8 Å². The van der Waals surface area contributed by atoms with Gasteiger partial charge in [-0.15, -0.1) is 0 Å². The minimum atomic E-state index is -0.414. The number of rotatable bonds is 6. The summed E-state index contributed by atoms with van der Waals surface area (Å²) >= 11 is 0. The number of amides is 2. The molecule has 146 valence electrons. The Kier molecular flexibility index (Phi) is 5.43. The van der Waals surface area contributed by atoms with Crippen LogP contribution in [0, 0.1) is 12.8 Å². The average Bonchev–Trinajstić information content (AvgIpc) is 3.58. The lowest BCUT2D eigenvalue weighted by Crippen LogP contribution is -2.22. The number of hydrogen-bond acceptors (Lipinski definition) is 2. The van der Waals surface area contributed by atoms with Gasteiger partial charge in [-0.2, -0.15) is 0 Å². The van der Waals surface area contributed by atoms with Crippen LogP contribution < -0.4 is 10.6 Å². The topological polar surface area (TPSA) is 58.2 Å². The number of carbonyl (C=O) groups excluding carboxylic acids is 2. The maximum atomic E-state index is 13.3. The zero-order valence-electron chi connectivity index (χ0n) is 16.4. The fraction of sp³-hybridized carbons (Fsp3) is 0.200. The van der Waals surface area contributed by atoms with Crippen LogP contribution in [0.25, 0.3) is 0 Å². The number of carbonyl (C=O) groups is 2. The molecule has 1 aliphatic rings. The van der Waals surface area contributed by atoms with Gasteiger partial charge in [0.05, 0.1) is 5.92 Å². The Balaban J connectivity index is 1.58. The lowest BCUT2D eigenvalue weighted by Gasteiger charge is -2.19. The van der Waals surface area contributed by atoms with Crippen molar-refractivity contribution in [3.63, 3.8) is 0 Å². The summed E-state index contributed by atoms with van der Waals surface area (Å²) in [7, 11) is 0. The highest BCUT2D eigenvalue weighted by atomic mass is 16.2. The average molecular weight is 384 g/mol. The van der Waals surface area contributed by atoms with Gasteiger partial charge in [0, 0.05) is 17.3 Å². The van der Waals surface area contributed by atoms with Gasteiger partial charge in [-0.25, -0.2) is 0 Å². The highest BCUT2D eigenvalue weighted by molar-refractivity contribution is 6.00. The zero-order chi connectivity index (χ0) is 20.2. The summed E-state index contributed by atoms with van der Waals surface area (Å²) in [5.74, 6) is -0.329. The molecule has 4 nitrogen and oxygen atoms in total. The van der Waals surface area contributed by atoms with Crippen LogP contribution in [0.1, 0.15) is 35.4 Å². The highest BCUT2D eigenvalue weighted by Gasteiger charge is 2.30. The maximum Gasteiger partial charge on any atom is 0.236 e. The van der Waals surface area contributed by atoms with Gasteiger partial charge in [0.1, 0.15) is 0 Å². The predicted molar refractivity (Wildman–Crippen MR) is 116 cm³/mol. The molecule has 0 atom stereocenters. The van der Waals surface area contributed by atoms with Crippen LogP contribution in [0.5, 0.6) is 0 Å². The van der Waals surface area contributed by atoms with Crippen LogP contribution in [0.2, 0.25) is 0 Å². The van der Waals surface area contributed by atoms with Crippen LogP contribution in [0.15, 0.2) is 78.9 Å². The standard InChI is InChI=1S/C25H24N2O2/c1-17-12-15-21(16-22(17)27-24(28)20-13-14-20)26-25(29)23(18-8-4-2-5-9-18)19-10-6-3-7-11-19/h2-12,15-16,20,23H,13-14H2,1H3,(H,26,29)(H,27,28). The van der Waals surface area contributed by atoms with E-state index in [2.05, 4.69) is 10.6 Å². The molecule has 1 fully saturated rings. The molecule has 3 aromatic rings. The van der Waals surface area contributed by atoms with Crippen molar-refractivity contribution in [3.8, 4) is 0 Å². The third-order valence-corrected chi connectivity index (χ3v) is 5.24. The van der Waals surface area contributed by atoms with Crippen molar-refractivity contribution < 1.29 is 9.59 Å². The van der Waals surface area contributed by atoms with E-state index in [1.807, 2.05) is 85.8 Å². The van der Waals surface area contributed by atoms with Crippen molar-refractivity contribution in [2.24, 2.45) is 5.92 Å². The van der Waals surface area contributed by atoms with Crippen LogP contribution in [-0.2, 0) is 9.59 Å². The first-order valence-electron chi connectivity index (χ1n) is 9.94. The Morgan fingerprint density at radius 1 is 0.828 bits per heavy atom. The summed E-state index contributed by atoms with van der Waals surface area (Å²) < 4.78 is 0. The maximum absolute atomic E-state index is 13.3. The molecule has 1 aliphatic carbocycles. The van der Waals surface area contributed by atoms with Gasteiger partial charge in [0.2, 0.25) is 11.8 Å². The fourth-order valence-corrected chi connectivity index (χ4v) is 3.42. The van der Waals surface area contributed by atoms with Crippen molar-refractivity contribution >= 4 is 23.2 Å². The predicted octanol–water partition coefficient (Wildman–Crippen LogP) is 5.11. The molecule has 4 heteroatoms. The molecule has 0 radical (unpaired) electrons. The largest absolute Gasteiger partial charge is 0.326 e. The minimum Gasteiger partial charge on any atom is -0.326 e. The molecule has 0 unspecified atom stereocenters. The van der Waals surface area contributed by atoms with Gasteiger partial charge in [0.25, 0.3) is 0 Å². The molecule has 0 spiro atoms. The monoisotopic (exact) mass is 384 g/mol. The Morgan fingerprint density at radius 2 is 1.41 bits per heavy atom. The normalized spacial score (nSPS) is 13.2. The van der Waals surface area contributed by atoms with Crippen molar-refractivity contribution in [2.75, 3.05) is 10.6 Å². The Labute approximate surface area is 171 Å². The van der Waals surface area contributed by atoms with Gasteiger partial charge in [-0.3, -0.25) is 9.59 Å². The van der Waals surface area contributed by atoms with Crippen LogP contribution in [0.4, 0.5) is 11.4 Å². The van der Waals surface area contributed by atoms with E-state index >= 15 is 0 Å². The van der Waals surface area contributed by atoms with E-state index in [-0.39, 0.29) is 17.7 Å². The summed E-state index contributed by atoms with van der Waals surface area (Å²) in [5.41, 5.74) is 4.26. The molecule has 2 amide bonds. The number of anilines is 2. The molecule has 29 heavy (non-hydrogen) atoms. The Morgan fingerprint density at radius 3 is 1.97 bits per heavy atom. The lowest BCUT2D eigenvalue weighted by molar-refractivity contribution is -0.117. The molecule has 4 rings (SSSR count). The number of benzene rings is 3. The quantitative estimate of drug-likeness (QED) is 0.620. The van der Waals surface area contributed by atoms with Gasteiger partial charge >= 0.3 is 0 Å². The Hall–Kier alpha value is -3.40. The second kappa shape index (κ2) is 8.31. The SMILES string of the molecule is Cc1ccc(NC(=O)C(c2ccccc2)c2ccccc2)cc1NC(=O)C1CC1. The van der Waals surface area contributed by atoms with E-state index in [9.17, 15) is 9.59 Å². The smallest absolute Gasteiger partial charge is 0.236 e. The van der Waals surface area contributed by atoms with E-state index in [0.29, 0.717) is 5.69 Å². The number of nitrogens with one attached hydrogen (secondary N) is 2. The third kappa shape index (κ3) is 4.54. The molecular formula is C25H24N2O2. The molecular weight excluding hydrogens is 360 g/mol. The first-order chi connectivity index (χ1) is 14.1. The fourth-order valence-electron chi connectivity index (χ4n) is 3.42. The van der Waals surface area contributed by atoms with E-state index in [1.54, 1.807) is 0 Å². The van der Waals surface area contributed by atoms with E-state index in [1.165, 1.54) is 0 Å². The molecule has 0 bridgehead atoms. The van der Waals surface area contributed by atoms with Crippen LogP contribution in [0.3, 0.4) is 0 Å². The van der Waals surface area contributed by atoms with E-state index in [0.717, 1.165) is 35.2 Å². The zero-order valence-corrected chi connectivity index (χ0v) is 16.4. The van der Waals surface area contributed by atoms with Crippen molar-refractivity contribution in [1.82, 2.24) is 0 Å².